The van der Waals surface area contributed by atoms with Gasteiger partial charge in [0.2, 0.25) is 5.91 Å². The zero-order valence-corrected chi connectivity index (χ0v) is 15.4. The lowest BCUT2D eigenvalue weighted by molar-refractivity contribution is -0.116. The number of ether oxygens (including phenoxy) is 1. The standard InChI is InChI=1S/C16H14BrN3O3S/c1-9-14(15(22)23-2)19-16(24-9)18-13(21)8-20-6-5-10-7-11(17)3-4-12(10)20/h3-7H,8H2,1-2H3,(H,18,19,21). The van der Waals surface area contributed by atoms with Gasteiger partial charge in [0.25, 0.3) is 0 Å². The van der Waals surface area contributed by atoms with Gasteiger partial charge in [-0.2, -0.15) is 0 Å². The summed E-state index contributed by atoms with van der Waals surface area (Å²) in [6.45, 7) is 1.92. The topological polar surface area (TPSA) is 73.2 Å². The number of carbonyl (C=O) groups is 2. The molecule has 0 aliphatic rings. The number of nitrogens with one attached hydrogen (secondary N) is 1. The zero-order valence-electron chi connectivity index (χ0n) is 13.0. The number of benzene rings is 1. The quantitative estimate of drug-likeness (QED) is 0.670. The molecule has 0 spiro atoms. The Morgan fingerprint density at radius 2 is 2.17 bits per heavy atom. The van der Waals surface area contributed by atoms with E-state index in [0.717, 1.165) is 15.4 Å². The number of aromatic nitrogens is 2. The summed E-state index contributed by atoms with van der Waals surface area (Å²) in [6.07, 6.45) is 1.86. The normalized spacial score (nSPS) is 10.8. The third-order valence-corrected chi connectivity index (χ3v) is 4.85. The van der Waals surface area contributed by atoms with Gasteiger partial charge in [-0.05, 0) is 31.2 Å². The molecule has 1 N–H and O–H groups in total. The fraction of sp³-hybridized carbons (Fsp3) is 0.188. The number of rotatable bonds is 4. The van der Waals surface area contributed by atoms with Gasteiger partial charge in [0.1, 0.15) is 6.54 Å². The molecular weight excluding hydrogens is 394 g/mol. The van der Waals surface area contributed by atoms with Gasteiger partial charge < -0.3 is 14.6 Å². The lowest BCUT2D eigenvalue weighted by atomic mass is 10.2. The van der Waals surface area contributed by atoms with Crippen molar-refractivity contribution in [2.75, 3.05) is 12.4 Å². The summed E-state index contributed by atoms with van der Waals surface area (Å²) in [4.78, 5) is 28.6. The molecular formula is C16H14BrN3O3S. The van der Waals surface area contributed by atoms with Crippen LogP contribution in [0.2, 0.25) is 0 Å². The van der Waals surface area contributed by atoms with Gasteiger partial charge in [0.15, 0.2) is 10.8 Å². The van der Waals surface area contributed by atoms with Crippen molar-refractivity contribution in [3.63, 3.8) is 0 Å². The van der Waals surface area contributed by atoms with E-state index in [-0.39, 0.29) is 18.1 Å². The van der Waals surface area contributed by atoms with Crippen molar-refractivity contribution in [2.45, 2.75) is 13.5 Å². The molecule has 0 radical (unpaired) electrons. The second-order valence-electron chi connectivity index (χ2n) is 5.11. The van der Waals surface area contributed by atoms with Crippen LogP contribution in [-0.4, -0.2) is 28.5 Å². The number of hydrogen-bond donors (Lipinski definition) is 1. The van der Waals surface area contributed by atoms with E-state index in [0.29, 0.717) is 10.0 Å². The van der Waals surface area contributed by atoms with E-state index < -0.39 is 5.97 Å². The predicted molar refractivity (Wildman–Crippen MR) is 96.5 cm³/mol. The molecule has 1 aromatic carbocycles. The van der Waals surface area contributed by atoms with Crippen LogP contribution in [0.3, 0.4) is 0 Å². The zero-order chi connectivity index (χ0) is 17.3. The van der Waals surface area contributed by atoms with Crippen LogP contribution in [0.15, 0.2) is 34.9 Å². The molecule has 0 saturated carbocycles. The first-order valence-corrected chi connectivity index (χ1v) is 8.69. The molecule has 124 valence electrons. The maximum Gasteiger partial charge on any atom is 0.357 e. The average Bonchev–Trinajstić information content (AvgIpc) is 3.10. The minimum Gasteiger partial charge on any atom is -0.464 e. The molecule has 8 heteroatoms. The Hall–Kier alpha value is -2.19. The highest BCUT2D eigenvalue weighted by Gasteiger charge is 2.17. The third-order valence-electron chi connectivity index (χ3n) is 3.47. The van der Waals surface area contributed by atoms with Crippen LogP contribution in [-0.2, 0) is 16.1 Å². The molecule has 0 unspecified atom stereocenters. The molecule has 3 aromatic rings. The Morgan fingerprint density at radius 1 is 1.38 bits per heavy atom. The van der Waals surface area contributed by atoms with E-state index in [4.69, 9.17) is 0 Å². The first-order chi connectivity index (χ1) is 11.5. The summed E-state index contributed by atoms with van der Waals surface area (Å²) in [5.41, 5.74) is 1.20. The summed E-state index contributed by atoms with van der Waals surface area (Å²) in [7, 11) is 1.30. The Bertz CT molecular complexity index is 932. The number of halogens is 1. The first-order valence-electron chi connectivity index (χ1n) is 7.08. The number of carbonyl (C=O) groups excluding carboxylic acids is 2. The lowest BCUT2D eigenvalue weighted by Gasteiger charge is -2.05. The molecule has 2 aromatic heterocycles. The molecule has 1 amide bonds. The fourth-order valence-electron chi connectivity index (χ4n) is 2.36. The number of aryl methyl sites for hydroxylation is 1. The van der Waals surface area contributed by atoms with Crippen molar-refractivity contribution in [2.24, 2.45) is 0 Å². The predicted octanol–water partition coefficient (Wildman–Crippen LogP) is 3.59. The van der Waals surface area contributed by atoms with Crippen LogP contribution in [0.4, 0.5) is 5.13 Å². The van der Waals surface area contributed by atoms with Crippen LogP contribution in [0.1, 0.15) is 15.4 Å². The number of thiazole rings is 1. The van der Waals surface area contributed by atoms with Crippen LogP contribution in [0.5, 0.6) is 0 Å². The molecule has 6 nitrogen and oxygen atoms in total. The van der Waals surface area contributed by atoms with Gasteiger partial charge in [-0.3, -0.25) is 4.79 Å². The number of hydrogen-bond acceptors (Lipinski definition) is 5. The van der Waals surface area contributed by atoms with E-state index in [1.165, 1.54) is 18.4 Å². The second kappa shape index (κ2) is 6.74. The highest BCUT2D eigenvalue weighted by molar-refractivity contribution is 9.10. The number of anilines is 1. The van der Waals surface area contributed by atoms with Crippen molar-refractivity contribution in [3.8, 4) is 0 Å². The first kappa shape index (κ1) is 16.7. The summed E-state index contributed by atoms with van der Waals surface area (Å²) in [5, 5.41) is 4.16. The fourth-order valence-corrected chi connectivity index (χ4v) is 3.55. The van der Waals surface area contributed by atoms with Crippen LogP contribution in [0.25, 0.3) is 10.9 Å². The maximum absolute atomic E-state index is 12.3. The van der Waals surface area contributed by atoms with E-state index in [2.05, 4.69) is 31.0 Å². The summed E-state index contributed by atoms with van der Waals surface area (Å²) in [6, 6.07) is 7.84. The van der Waals surface area contributed by atoms with Crippen molar-refractivity contribution in [1.29, 1.82) is 0 Å². The Kier molecular flexibility index (Phi) is 4.68. The van der Waals surface area contributed by atoms with Crippen molar-refractivity contribution in [3.05, 3.63) is 45.5 Å². The molecule has 0 fully saturated rings. The molecule has 0 saturated heterocycles. The summed E-state index contributed by atoms with van der Waals surface area (Å²) < 4.78 is 7.51. The van der Waals surface area contributed by atoms with Gasteiger partial charge in [0, 0.05) is 26.4 Å². The van der Waals surface area contributed by atoms with Crippen LogP contribution >= 0.6 is 27.3 Å². The Labute approximate surface area is 150 Å². The van der Waals surface area contributed by atoms with E-state index in [9.17, 15) is 9.59 Å². The van der Waals surface area contributed by atoms with Crippen LogP contribution in [0, 0.1) is 6.92 Å². The number of amides is 1. The maximum atomic E-state index is 12.3. The van der Waals surface area contributed by atoms with E-state index in [1.54, 1.807) is 6.92 Å². The highest BCUT2D eigenvalue weighted by atomic mass is 79.9. The smallest absolute Gasteiger partial charge is 0.357 e. The molecule has 2 heterocycles. The van der Waals surface area contributed by atoms with E-state index >= 15 is 0 Å². The largest absolute Gasteiger partial charge is 0.464 e. The summed E-state index contributed by atoms with van der Waals surface area (Å²) in [5.74, 6) is -0.716. The average molecular weight is 408 g/mol. The van der Waals surface area contributed by atoms with Crippen molar-refractivity contribution < 1.29 is 14.3 Å². The van der Waals surface area contributed by atoms with Crippen molar-refractivity contribution >= 4 is 55.2 Å². The van der Waals surface area contributed by atoms with Gasteiger partial charge in [-0.25, -0.2) is 9.78 Å². The minimum absolute atomic E-state index is 0.164. The number of nitrogens with zero attached hydrogens (tertiary/aromatic N) is 2. The molecule has 0 bridgehead atoms. The Balaban J connectivity index is 1.74. The lowest BCUT2D eigenvalue weighted by Crippen LogP contribution is -2.18. The molecule has 3 rings (SSSR count). The molecule has 0 aliphatic carbocycles. The monoisotopic (exact) mass is 407 g/mol. The second-order valence-corrected chi connectivity index (χ2v) is 7.23. The van der Waals surface area contributed by atoms with Gasteiger partial charge in [0.05, 0.1) is 7.11 Å². The van der Waals surface area contributed by atoms with Gasteiger partial charge in [-0.1, -0.05) is 15.9 Å². The summed E-state index contributed by atoms with van der Waals surface area (Å²) >= 11 is 4.68. The van der Waals surface area contributed by atoms with Crippen LogP contribution < -0.4 is 5.32 Å². The number of methoxy groups -OCH3 is 1. The molecule has 24 heavy (non-hydrogen) atoms. The van der Waals surface area contributed by atoms with E-state index in [1.807, 2.05) is 35.0 Å². The minimum atomic E-state index is -0.508. The SMILES string of the molecule is COC(=O)c1nc(NC(=O)Cn2ccc3cc(Br)ccc32)sc1C. The highest BCUT2D eigenvalue weighted by Crippen LogP contribution is 2.23. The van der Waals surface area contributed by atoms with Crippen molar-refractivity contribution in [1.82, 2.24) is 9.55 Å². The molecule has 0 aliphatic heterocycles. The molecule has 0 atom stereocenters. The number of fused-ring (bicyclic) bond motifs is 1. The van der Waals surface area contributed by atoms with Gasteiger partial charge >= 0.3 is 5.97 Å². The number of esters is 1. The Morgan fingerprint density at radius 3 is 2.92 bits per heavy atom. The third kappa shape index (κ3) is 3.34. The van der Waals surface area contributed by atoms with Gasteiger partial charge in [-0.15, -0.1) is 11.3 Å².